The van der Waals surface area contributed by atoms with Gasteiger partial charge in [0.25, 0.3) is 0 Å². The quantitative estimate of drug-likeness (QED) is 0.843. The van der Waals surface area contributed by atoms with Crippen molar-refractivity contribution < 1.29 is 9.47 Å². The summed E-state index contributed by atoms with van der Waals surface area (Å²) < 4.78 is 11.3. The maximum atomic E-state index is 6.60. The van der Waals surface area contributed by atoms with Crippen LogP contribution in [-0.2, 0) is 9.47 Å². The van der Waals surface area contributed by atoms with Crippen molar-refractivity contribution in [3.8, 4) is 0 Å². The number of ether oxygens (including phenoxy) is 2. The molecule has 2 N–H and O–H groups in total. The van der Waals surface area contributed by atoms with Crippen molar-refractivity contribution in [2.24, 2.45) is 23.5 Å². The summed E-state index contributed by atoms with van der Waals surface area (Å²) in [5.41, 5.74) is 6.46. The van der Waals surface area contributed by atoms with E-state index in [2.05, 4.69) is 13.8 Å². The predicted molar refractivity (Wildman–Crippen MR) is 73.4 cm³/mol. The van der Waals surface area contributed by atoms with Crippen LogP contribution in [0.4, 0.5) is 0 Å². The molecule has 1 saturated carbocycles. The average molecular weight is 255 g/mol. The van der Waals surface area contributed by atoms with Gasteiger partial charge in [-0.05, 0) is 30.6 Å². The average Bonchev–Trinajstić information content (AvgIpc) is 2.42. The molecule has 1 saturated heterocycles. The number of hydrogen-bond acceptors (Lipinski definition) is 3. The fourth-order valence-corrected chi connectivity index (χ4v) is 3.74. The molecule has 3 heteroatoms. The summed E-state index contributed by atoms with van der Waals surface area (Å²) in [5, 5.41) is 0. The molecule has 0 bridgehead atoms. The molecule has 2 fully saturated rings. The van der Waals surface area contributed by atoms with Crippen LogP contribution in [0.1, 0.15) is 46.0 Å². The Morgan fingerprint density at radius 3 is 2.39 bits per heavy atom. The Morgan fingerprint density at radius 2 is 1.83 bits per heavy atom. The van der Waals surface area contributed by atoms with Gasteiger partial charge in [0.05, 0.1) is 5.60 Å². The molecule has 1 heterocycles. The first-order chi connectivity index (χ1) is 8.59. The van der Waals surface area contributed by atoms with Gasteiger partial charge in [-0.1, -0.05) is 20.3 Å². The van der Waals surface area contributed by atoms with Crippen molar-refractivity contribution >= 4 is 0 Å². The predicted octanol–water partition coefficient (Wildman–Crippen LogP) is 2.58. The second-order valence-corrected chi connectivity index (χ2v) is 6.43. The molecule has 4 unspecified atom stereocenters. The van der Waals surface area contributed by atoms with Gasteiger partial charge in [0.1, 0.15) is 0 Å². The molecule has 18 heavy (non-hydrogen) atoms. The fourth-order valence-electron chi connectivity index (χ4n) is 3.74. The van der Waals surface area contributed by atoms with Crippen molar-refractivity contribution in [2.45, 2.75) is 57.6 Å². The third-order valence-electron chi connectivity index (χ3n) is 5.50. The zero-order valence-corrected chi connectivity index (χ0v) is 12.2. The molecule has 3 nitrogen and oxygen atoms in total. The highest BCUT2D eigenvalue weighted by molar-refractivity contribution is 4.98. The molecule has 2 aliphatic rings. The highest BCUT2D eigenvalue weighted by Gasteiger charge is 2.43. The van der Waals surface area contributed by atoms with Crippen LogP contribution in [0.15, 0.2) is 0 Å². The van der Waals surface area contributed by atoms with Crippen LogP contribution in [-0.4, -0.2) is 32.0 Å². The van der Waals surface area contributed by atoms with E-state index in [4.69, 9.17) is 15.2 Å². The van der Waals surface area contributed by atoms with Crippen LogP contribution in [0.3, 0.4) is 0 Å². The second-order valence-electron chi connectivity index (χ2n) is 6.43. The molecule has 2 rings (SSSR count). The van der Waals surface area contributed by atoms with E-state index in [1.807, 2.05) is 7.11 Å². The van der Waals surface area contributed by atoms with Crippen molar-refractivity contribution in [3.05, 3.63) is 0 Å². The van der Waals surface area contributed by atoms with Gasteiger partial charge in [-0.15, -0.1) is 0 Å². The van der Waals surface area contributed by atoms with Gasteiger partial charge in [0.2, 0.25) is 0 Å². The van der Waals surface area contributed by atoms with Crippen LogP contribution < -0.4 is 5.73 Å². The van der Waals surface area contributed by atoms with Crippen molar-refractivity contribution in [1.29, 1.82) is 0 Å². The van der Waals surface area contributed by atoms with E-state index >= 15 is 0 Å². The Bertz CT molecular complexity index is 263. The molecule has 0 aromatic rings. The van der Waals surface area contributed by atoms with E-state index in [-0.39, 0.29) is 11.6 Å². The molecule has 0 radical (unpaired) electrons. The minimum absolute atomic E-state index is 0.136. The van der Waals surface area contributed by atoms with Gasteiger partial charge >= 0.3 is 0 Å². The second kappa shape index (κ2) is 5.89. The zero-order chi connectivity index (χ0) is 13.2. The highest BCUT2D eigenvalue weighted by atomic mass is 16.5. The minimum Gasteiger partial charge on any atom is -0.381 e. The Morgan fingerprint density at radius 1 is 1.17 bits per heavy atom. The number of hydrogen-bond donors (Lipinski definition) is 1. The first-order valence-corrected chi connectivity index (χ1v) is 7.47. The molecule has 106 valence electrons. The van der Waals surface area contributed by atoms with Gasteiger partial charge in [0, 0.05) is 39.2 Å². The summed E-state index contributed by atoms with van der Waals surface area (Å²) >= 11 is 0. The Hall–Kier alpha value is -0.120. The van der Waals surface area contributed by atoms with Crippen LogP contribution in [0.2, 0.25) is 0 Å². The lowest BCUT2D eigenvalue weighted by Gasteiger charge is -2.46. The van der Waals surface area contributed by atoms with Gasteiger partial charge in [-0.25, -0.2) is 0 Å². The minimum atomic E-state index is -0.136. The summed E-state index contributed by atoms with van der Waals surface area (Å²) in [6.07, 6.45) is 5.74. The van der Waals surface area contributed by atoms with E-state index in [1.165, 1.54) is 19.3 Å². The third kappa shape index (κ3) is 2.73. The smallest absolute Gasteiger partial charge is 0.0875 e. The molecule has 0 spiro atoms. The molecular weight excluding hydrogens is 226 g/mol. The number of nitrogens with two attached hydrogens (primary N) is 1. The lowest BCUT2D eigenvalue weighted by atomic mass is 9.68. The first-order valence-electron chi connectivity index (χ1n) is 7.47. The molecular formula is C15H29NO2. The monoisotopic (exact) mass is 255 g/mol. The summed E-state index contributed by atoms with van der Waals surface area (Å²) in [7, 11) is 1.82. The topological polar surface area (TPSA) is 44.5 Å². The molecule has 4 atom stereocenters. The lowest BCUT2D eigenvalue weighted by Crippen LogP contribution is -2.57. The Labute approximate surface area is 111 Å². The number of rotatable bonds is 3. The van der Waals surface area contributed by atoms with Gasteiger partial charge < -0.3 is 15.2 Å². The molecule has 1 aliphatic carbocycles. The Kier molecular flexibility index (Phi) is 4.68. The lowest BCUT2D eigenvalue weighted by molar-refractivity contribution is -0.117. The van der Waals surface area contributed by atoms with Crippen LogP contribution in [0, 0.1) is 17.8 Å². The van der Waals surface area contributed by atoms with Gasteiger partial charge in [0.15, 0.2) is 0 Å². The van der Waals surface area contributed by atoms with Crippen molar-refractivity contribution in [3.63, 3.8) is 0 Å². The van der Waals surface area contributed by atoms with E-state index in [0.717, 1.165) is 37.9 Å². The van der Waals surface area contributed by atoms with Crippen molar-refractivity contribution in [1.82, 2.24) is 0 Å². The standard InChI is InChI=1S/C15H29NO2/c1-11-4-5-13(10-12(11)2)14(16)15(17-3)6-8-18-9-7-15/h11-14H,4-10,16H2,1-3H3. The van der Waals surface area contributed by atoms with Crippen LogP contribution in [0.25, 0.3) is 0 Å². The van der Waals surface area contributed by atoms with E-state index in [9.17, 15) is 0 Å². The van der Waals surface area contributed by atoms with E-state index in [1.54, 1.807) is 0 Å². The van der Waals surface area contributed by atoms with Crippen molar-refractivity contribution in [2.75, 3.05) is 20.3 Å². The summed E-state index contributed by atoms with van der Waals surface area (Å²) in [6, 6.07) is 0.168. The fraction of sp³-hybridized carbons (Fsp3) is 1.00. The Balaban J connectivity index is 2.02. The van der Waals surface area contributed by atoms with Gasteiger partial charge in [-0.3, -0.25) is 0 Å². The normalized spacial score (nSPS) is 38.3. The van der Waals surface area contributed by atoms with Crippen LogP contribution in [0.5, 0.6) is 0 Å². The maximum Gasteiger partial charge on any atom is 0.0875 e. The zero-order valence-electron chi connectivity index (χ0n) is 12.2. The molecule has 0 aromatic carbocycles. The highest BCUT2D eigenvalue weighted by Crippen LogP contribution is 2.40. The van der Waals surface area contributed by atoms with Crippen LogP contribution >= 0.6 is 0 Å². The van der Waals surface area contributed by atoms with E-state index < -0.39 is 0 Å². The first kappa shape index (κ1) is 14.3. The van der Waals surface area contributed by atoms with E-state index in [0.29, 0.717) is 5.92 Å². The summed E-state index contributed by atoms with van der Waals surface area (Å²) in [6.45, 7) is 6.32. The summed E-state index contributed by atoms with van der Waals surface area (Å²) in [4.78, 5) is 0. The molecule has 0 amide bonds. The summed E-state index contributed by atoms with van der Waals surface area (Å²) in [5.74, 6) is 2.26. The SMILES string of the molecule is COC1(C(N)C2CCC(C)C(C)C2)CCOCC1. The molecule has 0 aromatic heterocycles. The molecule has 1 aliphatic heterocycles. The number of methoxy groups -OCH3 is 1. The maximum absolute atomic E-state index is 6.60. The third-order valence-corrected chi connectivity index (χ3v) is 5.50. The largest absolute Gasteiger partial charge is 0.381 e. The van der Waals surface area contributed by atoms with Gasteiger partial charge in [-0.2, -0.15) is 0 Å².